The van der Waals surface area contributed by atoms with Gasteiger partial charge >= 0.3 is 0 Å². The van der Waals surface area contributed by atoms with Gasteiger partial charge in [-0.25, -0.2) is 4.39 Å². The molecule has 1 aliphatic heterocycles. The molecule has 0 spiro atoms. The number of carbonyl (C=O) groups is 1. The van der Waals surface area contributed by atoms with E-state index >= 15 is 0 Å². The van der Waals surface area contributed by atoms with Crippen molar-refractivity contribution in [2.75, 3.05) is 25.5 Å². The Balaban J connectivity index is 1.82. The van der Waals surface area contributed by atoms with Gasteiger partial charge < -0.3 is 10.2 Å². The van der Waals surface area contributed by atoms with Crippen LogP contribution in [0, 0.1) is 11.7 Å². The highest BCUT2D eigenvalue weighted by Gasteiger charge is 2.38. The van der Waals surface area contributed by atoms with E-state index in [1.54, 1.807) is 30.3 Å². The van der Waals surface area contributed by atoms with Crippen LogP contribution < -0.4 is 5.32 Å². The first-order valence-electron chi connectivity index (χ1n) is 7.64. The second kappa shape index (κ2) is 7.21. The molecule has 0 saturated carbocycles. The maximum Gasteiger partial charge on any atom is 0.229 e. The van der Waals surface area contributed by atoms with Crippen LogP contribution in [0.2, 0.25) is 5.02 Å². The Bertz CT molecular complexity index is 753. The van der Waals surface area contributed by atoms with Crippen LogP contribution in [0.1, 0.15) is 11.5 Å². The van der Waals surface area contributed by atoms with Crippen molar-refractivity contribution in [1.29, 1.82) is 0 Å². The highest BCUT2D eigenvalue weighted by molar-refractivity contribution is 9.10. The molecule has 2 unspecified atom stereocenters. The summed E-state index contributed by atoms with van der Waals surface area (Å²) in [6.07, 6.45) is 0. The predicted octanol–water partition coefficient (Wildman–Crippen LogP) is 4.53. The van der Waals surface area contributed by atoms with E-state index in [4.69, 9.17) is 11.6 Å². The number of likely N-dealkylation sites (N-methyl/N-ethyl adjacent to an activating group) is 1. The monoisotopic (exact) mass is 410 g/mol. The quantitative estimate of drug-likeness (QED) is 0.805. The minimum atomic E-state index is -0.304. The number of carbonyl (C=O) groups excluding carboxylic acids is 1. The summed E-state index contributed by atoms with van der Waals surface area (Å²) in [5.74, 6) is -0.861. The second-order valence-electron chi connectivity index (χ2n) is 6.10. The van der Waals surface area contributed by atoms with Crippen molar-refractivity contribution in [2.45, 2.75) is 5.92 Å². The summed E-state index contributed by atoms with van der Waals surface area (Å²) in [5.41, 5.74) is 1.27. The third-order valence-electron chi connectivity index (χ3n) is 4.31. The van der Waals surface area contributed by atoms with E-state index in [-0.39, 0.29) is 23.6 Å². The van der Waals surface area contributed by atoms with E-state index in [2.05, 4.69) is 26.1 Å². The Kier molecular flexibility index (Phi) is 5.23. The number of nitrogens with one attached hydrogen (secondary N) is 1. The fourth-order valence-electron chi connectivity index (χ4n) is 3.15. The summed E-state index contributed by atoms with van der Waals surface area (Å²) in [5, 5.41) is 3.52. The first-order valence-corrected chi connectivity index (χ1v) is 8.81. The maximum absolute atomic E-state index is 14.3. The highest BCUT2D eigenvalue weighted by atomic mass is 79.9. The van der Waals surface area contributed by atoms with Crippen molar-refractivity contribution in [2.24, 2.45) is 5.92 Å². The number of amides is 1. The van der Waals surface area contributed by atoms with Gasteiger partial charge in [-0.3, -0.25) is 4.79 Å². The molecular weight excluding hydrogens is 395 g/mol. The topological polar surface area (TPSA) is 32.3 Å². The molecule has 0 aliphatic carbocycles. The minimum Gasteiger partial charge on any atom is -0.326 e. The van der Waals surface area contributed by atoms with Gasteiger partial charge in [0.2, 0.25) is 5.91 Å². The molecule has 24 heavy (non-hydrogen) atoms. The Labute approximate surface area is 153 Å². The van der Waals surface area contributed by atoms with Crippen molar-refractivity contribution < 1.29 is 9.18 Å². The number of nitrogens with zero attached hydrogens (tertiary/aromatic N) is 1. The molecule has 1 fully saturated rings. The van der Waals surface area contributed by atoms with Gasteiger partial charge in [-0.2, -0.15) is 0 Å². The van der Waals surface area contributed by atoms with Crippen LogP contribution in [0.15, 0.2) is 46.9 Å². The smallest absolute Gasteiger partial charge is 0.229 e. The number of rotatable bonds is 3. The molecule has 2 aromatic carbocycles. The van der Waals surface area contributed by atoms with E-state index in [0.717, 1.165) is 0 Å². The van der Waals surface area contributed by atoms with Gasteiger partial charge in [0.05, 0.1) is 5.92 Å². The number of likely N-dealkylation sites (tertiary alicyclic amines) is 1. The fourth-order valence-corrected chi connectivity index (χ4v) is 3.61. The SMILES string of the molecule is CN1CC(C(=O)Nc2ccc(Cl)cc2)C(c2ccc(Br)cc2F)C1. The van der Waals surface area contributed by atoms with Gasteiger partial charge in [-0.1, -0.05) is 33.6 Å². The summed E-state index contributed by atoms with van der Waals surface area (Å²) in [4.78, 5) is 14.8. The Morgan fingerprint density at radius 3 is 2.62 bits per heavy atom. The summed E-state index contributed by atoms with van der Waals surface area (Å²) >= 11 is 9.13. The van der Waals surface area contributed by atoms with E-state index in [1.165, 1.54) is 6.07 Å². The normalized spacial score (nSPS) is 21.0. The summed E-state index contributed by atoms with van der Waals surface area (Å²) < 4.78 is 15.0. The van der Waals surface area contributed by atoms with Crippen LogP contribution in [0.3, 0.4) is 0 Å². The number of hydrogen-bond acceptors (Lipinski definition) is 2. The zero-order valence-electron chi connectivity index (χ0n) is 13.1. The summed E-state index contributed by atoms with van der Waals surface area (Å²) in [6, 6.07) is 12.0. The molecule has 1 N–H and O–H groups in total. The van der Waals surface area contributed by atoms with Gasteiger partial charge in [0.1, 0.15) is 5.82 Å². The van der Waals surface area contributed by atoms with E-state index in [9.17, 15) is 9.18 Å². The molecule has 126 valence electrons. The van der Waals surface area contributed by atoms with Crippen molar-refractivity contribution in [3.05, 3.63) is 63.3 Å². The Morgan fingerprint density at radius 2 is 1.96 bits per heavy atom. The Morgan fingerprint density at radius 1 is 1.25 bits per heavy atom. The molecule has 2 atom stereocenters. The van der Waals surface area contributed by atoms with E-state index < -0.39 is 0 Å². The lowest BCUT2D eigenvalue weighted by atomic mass is 9.88. The predicted molar refractivity (Wildman–Crippen MR) is 97.9 cm³/mol. The van der Waals surface area contributed by atoms with Crippen LogP contribution in [0.4, 0.5) is 10.1 Å². The van der Waals surface area contributed by atoms with E-state index in [0.29, 0.717) is 33.8 Å². The molecular formula is C18H17BrClFN2O. The van der Waals surface area contributed by atoms with Gasteiger partial charge in [0.15, 0.2) is 0 Å². The third kappa shape index (κ3) is 3.79. The van der Waals surface area contributed by atoms with Gasteiger partial charge in [-0.05, 0) is 49.0 Å². The average molecular weight is 412 g/mol. The van der Waals surface area contributed by atoms with Gasteiger partial charge in [-0.15, -0.1) is 0 Å². The van der Waals surface area contributed by atoms with Crippen LogP contribution in [0.25, 0.3) is 0 Å². The molecule has 0 radical (unpaired) electrons. The lowest BCUT2D eigenvalue weighted by molar-refractivity contribution is -0.119. The molecule has 1 aliphatic rings. The molecule has 2 aromatic rings. The minimum absolute atomic E-state index is 0.103. The Hall–Kier alpha value is -1.43. The molecule has 1 amide bonds. The molecule has 0 aromatic heterocycles. The van der Waals surface area contributed by atoms with Crippen molar-refractivity contribution in [1.82, 2.24) is 4.90 Å². The average Bonchev–Trinajstić information content (AvgIpc) is 2.91. The van der Waals surface area contributed by atoms with Gasteiger partial charge in [0, 0.05) is 34.2 Å². The first-order chi connectivity index (χ1) is 11.4. The van der Waals surface area contributed by atoms with Crippen molar-refractivity contribution in [3.8, 4) is 0 Å². The molecule has 3 nitrogen and oxygen atoms in total. The maximum atomic E-state index is 14.3. The lowest BCUT2D eigenvalue weighted by Gasteiger charge is -2.19. The lowest BCUT2D eigenvalue weighted by Crippen LogP contribution is -2.28. The number of anilines is 1. The summed E-state index contributed by atoms with van der Waals surface area (Å²) in [7, 11) is 1.94. The zero-order valence-corrected chi connectivity index (χ0v) is 15.4. The number of benzene rings is 2. The van der Waals surface area contributed by atoms with Crippen LogP contribution >= 0.6 is 27.5 Å². The fraction of sp³-hybridized carbons (Fsp3) is 0.278. The number of halogens is 3. The molecule has 1 saturated heterocycles. The van der Waals surface area contributed by atoms with Crippen molar-refractivity contribution in [3.63, 3.8) is 0 Å². The second-order valence-corrected chi connectivity index (χ2v) is 7.45. The molecule has 6 heteroatoms. The summed E-state index contributed by atoms with van der Waals surface area (Å²) in [6.45, 7) is 1.25. The molecule has 0 bridgehead atoms. The van der Waals surface area contributed by atoms with Crippen molar-refractivity contribution >= 4 is 39.1 Å². The third-order valence-corrected chi connectivity index (χ3v) is 5.06. The van der Waals surface area contributed by atoms with Crippen LogP contribution in [-0.2, 0) is 4.79 Å². The molecule has 1 heterocycles. The number of hydrogen-bond donors (Lipinski definition) is 1. The standard InChI is InChI=1S/C18H17BrClFN2O/c1-23-9-15(14-7-2-11(19)8-17(14)21)16(10-23)18(24)22-13-5-3-12(20)4-6-13/h2-8,15-16H,9-10H2,1H3,(H,22,24). The van der Waals surface area contributed by atoms with Gasteiger partial charge in [0.25, 0.3) is 0 Å². The van der Waals surface area contributed by atoms with Crippen LogP contribution in [0.5, 0.6) is 0 Å². The largest absolute Gasteiger partial charge is 0.326 e. The highest BCUT2D eigenvalue weighted by Crippen LogP contribution is 2.35. The molecule has 3 rings (SSSR count). The first kappa shape index (κ1) is 17.4. The van der Waals surface area contributed by atoms with Crippen LogP contribution in [-0.4, -0.2) is 30.9 Å². The zero-order chi connectivity index (χ0) is 17.3. The van der Waals surface area contributed by atoms with E-state index in [1.807, 2.05) is 13.1 Å².